The normalized spacial score (nSPS) is 10.3. The number of hydrogen-bond acceptors (Lipinski definition) is 2. The van der Waals surface area contributed by atoms with Crippen molar-refractivity contribution in [2.24, 2.45) is 0 Å². The summed E-state index contributed by atoms with van der Waals surface area (Å²) in [5.74, 6) is -0.0704. The van der Waals surface area contributed by atoms with Gasteiger partial charge in [-0.05, 0) is 52.2 Å². The number of alkyl halides is 1. The van der Waals surface area contributed by atoms with Crippen molar-refractivity contribution in [3.8, 4) is 0 Å². The van der Waals surface area contributed by atoms with Crippen molar-refractivity contribution in [2.75, 3.05) is 10.6 Å². The molecule has 0 aliphatic heterocycles. The first-order valence-corrected chi connectivity index (χ1v) is 8.14. The van der Waals surface area contributed by atoms with Crippen LogP contribution in [-0.2, 0) is 6.42 Å². The standard InChI is InChI=1S/C13H11Br2NOS/c14-8-7-9-1-3-10(4-2-9)16-13(17)11-5-6-12(15)18-11/h1-6H,7-8H2,(H,16,17). The molecule has 0 saturated carbocycles. The number of rotatable bonds is 4. The summed E-state index contributed by atoms with van der Waals surface area (Å²) in [5, 5.41) is 3.83. The number of carbonyl (C=O) groups excluding carboxylic acids is 1. The number of benzene rings is 1. The number of amides is 1. The molecule has 1 heterocycles. The third kappa shape index (κ3) is 3.67. The minimum atomic E-state index is -0.0704. The van der Waals surface area contributed by atoms with E-state index in [9.17, 15) is 4.79 Å². The van der Waals surface area contributed by atoms with Crippen LogP contribution in [-0.4, -0.2) is 11.2 Å². The van der Waals surface area contributed by atoms with Crippen LogP contribution < -0.4 is 5.32 Å². The molecule has 1 aromatic heterocycles. The van der Waals surface area contributed by atoms with Crippen LogP contribution in [0.1, 0.15) is 15.2 Å². The molecule has 0 spiro atoms. The third-order valence-corrected chi connectivity index (χ3v) is 4.41. The van der Waals surface area contributed by atoms with Crippen molar-refractivity contribution in [1.82, 2.24) is 0 Å². The third-order valence-electron chi connectivity index (χ3n) is 2.39. The number of anilines is 1. The Hall–Kier alpha value is -0.650. The molecule has 0 saturated heterocycles. The second kappa shape index (κ2) is 6.50. The van der Waals surface area contributed by atoms with Gasteiger partial charge < -0.3 is 5.32 Å². The molecule has 2 aromatic rings. The maximum atomic E-state index is 11.9. The van der Waals surface area contributed by atoms with Gasteiger partial charge in [0.25, 0.3) is 5.91 Å². The van der Waals surface area contributed by atoms with Gasteiger partial charge in [0.2, 0.25) is 0 Å². The molecule has 94 valence electrons. The Morgan fingerprint density at radius 3 is 2.44 bits per heavy atom. The molecule has 0 aliphatic carbocycles. The van der Waals surface area contributed by atoms with E-state index in [1.165, 1.54) is 16.9 Å². The average molecular weight is 389 g/mol. The van der Waals surface area contributed by atoms with E-state index in [2.05, 4.69) is 37.2 Å². The zero-order valence-electron chi connectivity index (χ0n) is 9.45. The summed E-state index contributed by atoms with van der Waals surface area (Å²) in [6.45, 7) is 0. The maximum Gasteiger partial charge on any atom is 0.265 e. The van der Waals surface area contributed by atoms with Gasteiger partial charge in [-0.2, -0.15) is 0 Å². The highest BCUT2D eigenvalue weighted by molar-refractivity contribution is 9.11. The van der Waals surface area contributed by atoms with Crippen molar-refractivity contribution >= 4 is 54.8 Å². The van der Waals surface area contributed by atoms with Crippen molar-refractivity contribution in [1.29, 1.82) is 0 Å². The van der Waals surface area contributed by atoms with Crippen LogP contribution in [0.15, 0.2) is 40.2 Å². The van der Waals surface area contributed by atoms with Gasteiger partial charge in [0.05, 0.1) is 8.66 Å². The zero-order chi connectivity index (χ0) is 13.0. The average Bonchev–Trinajstić information content (AvgIpc) is 2.79. The van der Waals surface area contributed by atoms with E-state index in [0.29, 0.717) is 4.88 Å². The van der Waals surface area contributed by atoms with E-state index in [4.69, 9.17) is 0 Å². The van der Waals surface area contributed by atoms with E-state index in [1.54, 1.807) is 0 Å². The van der Waals surface area contributed by atoms with Crippen molar-refractivity contribution < 1.29 is 4.79 Å². The van der Waals surface area contributed by atoms with E-state index < -0.39 is 0 Å². The molecule has 1 N–H and O–H groups in total. The maximum absolute atomic E-state index is 11.9. The highest BCUT2D eigenvalue weighted by Crippen LogP contribution is 2.23. The molecule has 18 heavy (non-hydrogen) atoms. The molecule has 1 amide bonds. The lowest BCUT2D eigenvalue weighted by molar-refractivity contribution is 0.103. The van der Waals surface area contributed by atoms with Crippen molar-refractivity contribution in [3.05, 3.63) is 50.6 Å². The smallest absolute Gasteiger partial charge is 0.265 e. The summed E-state index contributed by atoms with van der Waals surface area (Å²) < 4.78 is 0.959. The van der Waals surface area contributed by atoms with Crippen LogP contribution >= 0.6 is 43.2 Å². The zero-order valence-corrected chi connectivity index (χ0v) is 13.4. The quantitative estimate of drug-likeness (QED) is 0.755. The first kappa shape index (κ1) is 13.8. The van der Waals surface area contributed by atoms with E-state index >= 15 is 0 Å². The van der Waals surface area contributed by atoms with Gasteiger partial charge in [-0.25, -0.2) is 0 Å². The molecule has 0 fully saturated rings. The van der Waals surface area contributed by atoms with Crippen LogP contribution in [0.5, 0.6) is 0 Å². The van der Waals surface area contributed by atoms with Crippen molar-refractivity contribution in [2.45, 2.75) is 6.42 Å². The minimum Gasteiger partial charge on any atom is -0.321 e. The molecule has 2 rings (SSSR count). The molecule has 5 heteroatoms. The molecule has 0 atom stereocenters. The van der Waals surface area contributed by atoms with Crippen LogP contribution in [0.2, 0.25) is 0 Å². The summed E-state index contributed by atoms with van der Waals surface area (Å²) in [5.41, 5.74) is 2.08. The molecule has 0 unspecified atom stereocenters. The molecule has 1 aromatic carbocycles. The van der Waals surface area contributed by atoms with Crippen LogP contribution in [0.25, 0.3) is 0 Å². The first-order valence-electron chi connectivity index (χ1n) is 5.40. The lowest BCUT2D eigenvalue weighted by Crippen LogP contribution is -2.09. The topological polar surface area (TPSA) is 29.1 Å². The van der Waals surface area contributed by atoms with Gasteiger partial charge in [-0.15, -0.1) is 11.3 Å². The molecule has 0 aliphatic rings. The number of thiophene rings is 1. The predicted octanol–water partition coefficient (Wildman–Crippen LogP) is 4.70. The second-order valence-corrected chi connectivity index (χ2v) is 6.95. The SMILES string of the molecule is O=C(Nc1ccc(CCBr)cc1)c1ccc(Br)s1. The van der Waals surface area contributed by atoms with Gasteiger partial charge in [-0.1, -0.05) is 28.1 Å². The summed E-state index contributed by atoms with van der Waals surface area (Å²) >= 11 is 8.18. The number of halogens is 2. The summed E-state index contributed by atoms with van der Waals surface area (Å²) in [6.07, 6.45) is 0.992. The summed E-state index contributed by atoms with van der Waals surface area (Å²) in [6, 6.07) is 11.6. The number of nitrogens with one attached hydrogen (secondary N) is 1. The Kier molecular flexibility index (Phi) is 4.97. The predicted molar refractivity (Wildman–Crippen MR) is 83.9 cm³/mol. The highest BCUT2D eigenvalue weighted by atomic mass is 79.9. The van der Waals surface area contributed by atoms with E-state index in [0.717, 1.165) is 21.2 Å². The molecular formula is C13H11Br2NOS. The lowest BCUT2D eigenvalue weighted by atomic mass is 10.1. The number of hydrogen-bond donors (Lipinski definition) is 1. The van der Waals surface area contributed by atoms with Gasteiger partial charge in [0.15, 0.2) is 0 Å². The Morgan fingerprint density at radius 1 is 1.17 bits per heavy atom. The van der Waals surface area contributed by atoms with Gasteiger partial charge in [0, 0.05) is 11.0 Å². The Balaban J connectivity index is 2.03. The van der Waals surface area contributed by atoms with Crippen molar-refractivity contribution in [3.63, 3.8) is 0 Å². The fraction of sp³-hybridized carbons (Fsp3) is 0.154. The molecule has 0 bridgehead atoms. The highest BCUT2D eigenvalue weighted by Gasteiger charge is 2.08. The Bertz CT molecular complexity index is 536. The Labute approximate surface area is 127 Å². The molecule has 0 radical (unpaired) electrons. The van der Waals surface area contributed by atoms with E-state index in [-0.39, 0.29) is 5.91 Å². The Morgan fingerprint density at radius 2 is 1.89 bits per heavy atom. The van der Waals surface area contributed by atoms with Crippen LogP contribution in [0.3, 0.4) is 0 Å². The fourth-order valence-electron chi connectivity index (χ4n) is 1.49. The number of aryl methyl sites for hydroxylation is 1. The fourth-order valence-corrected chi connectivity index (χ4v) is 3.23. The van der Waals surface area contributed by atoms with Gasteiger partial charge in [0.1, 0.15) is 0 Å². The van der Waals surface area contributed by atoms with Crippen LogP contribution in [0, 0.1) is 0 Å². The molecule has 2 nitrogen and oxygen atoms in total. The lowest BCUT2D eigenvalue weighted by Gasteiger charge is -2.04. The number of carbonyl (C=O) groups is 1. The van der Waals surface area contributed by atoms with Gasteiger partial charge >= 0.3 is 0 Å². The van der Waals surface area contributed by atoms with Gasteiger partial charge in [-0.3, -0.25) is 4.79 Å². The monoisotopic (exact) mass is 387 g/mol. The van der Waals surface area contributed by atoms with Crippen LogP contribution in [0.4, 0.5) is 5.69 Å². The summed E-state index contributed by atoms with van der Waals surface area (Å²) in [4.78, 5) is 12.6. The minimum absolute atomic E-state index is 0.0704. The second-order valence-electron chi connectivity index (χ2n) is 3.69. The van der Waals surface area contributed by atoms with E-state index in [1.807, 2.05) is 36.4 Å². The largest absolute Gasteiger partial charge is 0.321 e. The molecular weight excluding hydrogens is 378 g/mol. The first-order chi connectivity index (χ1) is 8.69. The summed E-state index contributed by atoms with van der Waals surface area (Å²) in [7, 11) is 0.